The zero-order chi connectivity index (χ0) is 19.2. The fourth-order valence-corrected chi connectivity index (χ4v) is 5.66. The van der Waals surface area contributed by atoms with Gasteiger partial charge in [0.15, 0.2) is 5.16 Å². The van der Waals surface area contributed by atoms with Crippen LogP contribution < -0.4 is 4.72 Å². The number of aromatic nitrogens is 2. The largest absolute Gasteiger partial charge is 0.325 e. The molecule has 5 nitrogen and oxygen atoms in total. The van der Waals surface area contributed by atoms with E-state index in [4.69, 9.17) is 23.2 Å². The Kier molecular flexibility index (Phi) is 4.88. The average Bonchev–Trinajstić information content (AvgIpc) is 3.19. The van der Waals surface area contributed by atoms with Crippen LogP contribution in [0.1, 0.15) is 5.56 Å². The first kappa shape index (κ1) is 18.7. The monoisotopic (exact) mass is 439 g/mol. The number of sulfonamides is 1. The van der Waals surface area contributed by atoms with Crippen LogP contribution in [-0.2, 0) is 16.6 Å². The third-order valence-corrected chi connectivity index (χ3v) is 7.44. The number of nitrogens with one attached hydrogen (secondary N) is 1. The number of hydrogen-bond acceptors (Lipinski definition) is 4. The van der Waals surface area contributed by atoms with Crippen LogP contribution in [0.25, 0.3) is 11.3 Å². The van der Waals surface area contributed by atoms with E-state index in [0.717, 1.165) is 28.7 Å². The van der Waals surface area contributed by atoms with E-state index in [0.29, 0.717) is 16.3 Å². The maximum atomic E-state index is 12.8. The summed E-state index contributed by atoms with van der Waals surface area (Å²) in [6.07, 6.45) is 1.99. The average molecular weight is 440 g/mol. The van der Waals surface area contributed by atoms with Crippen LogP contribution in [0.4, 0.5) is 5.69 Å². The number of hydrogen-bond donors (Lipinski definition) is 1. The fourth-order valence-electron chi connectivity index (χ4n) is 2.84. The molecule has 1 aromatic heterocycles. The maximum Gasteiger partial charge on any atom is 0.263 e. The van der Waals surface area contributed by atoms with Crippen LogP contribution in [0.5, 0.6) is 0 Å². The minimum Gasteiger partial charge on any atom is -0.325 e. The smallest absolute Gasteiger partial charge is 0.263 e. The molecule has 27 heavy (non-hydrogen) atoms. The van der Waals surface area contributed by atoms with Gasteiger partial charge in [-0.2, -0.15) is 0 Å². The normalized spacial score (nSPS) is 13.6. The highest BCUT2D eigenvalue weighted by atomic mass is 35.5. The van der Waals surface area contributed by atoms with Gasteiger partial charge in [0, 0.05) is 34.8 Å². The lowest BCUT2D eigenvalue weighted by Gasteiger charge is -2.12. The number of benzene rings is 2. The Bertz CT molecular complexity index is 1120. The molecule has 1 aliphatic rings. The molecule has 1 N–H and O–H groups in total. The summed E-state index contributed by atoms with van der Waals surface area (Å²) in [4.78, 5) is 4.60. The molecule has 140 valence electrons. The standard InChI is InChI=1S/C18H15Cl2N3O2S2/c1-11-7-17(15(20)9-14(11)19)27(24,25)22-13-4-2-3-12(8-13)16-10-23-5-6-26-18(23)21-16/h2-4,7-10,22H,5-6H2,1H3. The van der Waals surface area contributed by atoms with Crippen molar-refractivity contribution in [2.45, 2.75) is 23.5 Å². The van der Waals surface area contributed by atoms with Gasteiger partial charge in [-0.25, -0.2) is 13.4 Å². The van der Waals surface area contributed by atoms with E-state index in [9.17, 15) is 8.42 Å². The first-order chi connectivity index (χ1) is 12.8. The van der Waals surface area contributed by atoms with Crippen LogP contribution in [0.3, 0.4) is 0 Å². The summed E-state index contributed by atoms with van der Waals surface area (Å²) < 4.78 is 30.3. The highest BCUT2D eigenvalue weighted by molar-refractivity contribution is 7.99. The molecule has 2 aromatic carbocycles. The summed E-state index contributed by atoms with van der Waals surface area (Å²) in [6, 6.07) is 10.1. The number of imidazole rings is 1. The molecule has 0 radical (unpaired) electrons. The van der Waals surface area contributed by atoms with Gasteiger partial charge in [0.05, 0.1) is 10.7 Å². The second-order valence-corrected chi connectivity index (χ2v) is 9.70. The Labute approximate surface area is 171 Å². The lowest BCUT2D eigenvalue weighted by Crippen LogP contribution is -2.13. The predicted molar refractivity (Wildman–Crippen MR) is 110 cm³/mol. The summed E-state index contributed by atoms with van der Waals surface area (Å²) in [5.74, 6) is 1.03. The molecule has 4 rings (SSSR count). The number of thioether (sulfide) groups is 1. The zero-order valence-corrected chi connectivity index (χ0v) is 17.4. The Morgan fingerprint density at radius 3 is 2.78 bits per heavy atom. The van der Waals surface area contributed by atoms with Crippen LogP contribution >= 0.6 is 35.0 Å². The highest BCUT2D eigenvalue weighted by Crippen LogP contribution is 2.32. The topological polar surface area (TPSA) is 64.0 Å². The molecule has 3 aromatic rings. The Morgan fingerprint density at radius 1 is 1.19 bits per heavy atom. The summed E-state index contributed by atoms with van der Waals surface area (Å²) in [5.41, 5.74) is 2.74. The molecule has 0 amide bonds. The third kappa shape index (κ3) is 3.69. The van der Waals surface area contributed by atoms with Crippen molar-refractivity contribution in [3.63, 3.8) is 0 Å². The lowest BCUT2D eigenvalue weighted by atomic mass is 10.1. The van der Waals surface area contributed by atoms with Crippen molar-refractivity contribution < 1.29 is 8.42 Å². The quantitative estimate of drug-likeness (QED) is 0.615. The van der Waals surface area contributed by atoms with Crippen LogP contribution in [0.15, 0.2) is 52.6 Å². The highest BCUT2D eigenvalue weighted by Gasteiger charge is 2.20. The summed E-state index contributed by atoms with van der Waals surface area (Å²) in [7, 11) is -3.85. The fraction of sp³-hybridized carbons (Fsp3) is 0.167. The summed E-state index contributed by atoms with van der Waals surface area (Å²) in [5, 5.41) is 1.49. The lowest BCUT2D eigenvalue weighted by molar-refractivity contribution is 0.601. The van der Waals surface area contributed by atoms with Crippen molar-refractivity contribution >= 4 is 50.7 Å². The molecule has 1 aliphatic heterocycles. The van der Waals surface area contributed by atoms with E-state index in [1.165, 1.54) is 12.1 Å². The van der Waals surface area contributed by atoms with Gasteiger partial charge < -0.3 is 4.57 Å². The minimum absolute atomic E-state index is 0.00571. The molecule has 0 saturated heterocycles. The third-order valence-electron chi connectivity index (χ3n) is 4.22. The molecule has 0 saturated carbocycles. The molecule has 2 heterocycles. The number of fused-ring (bicyclic) bond motifs is 1. The van der Waals surface area contributed by atoms with E-state index >= 15 is 0 Å². The van der Waals surface area contributed by atoms with Gasteiger partial charge in [-0.3, -0.25) is 4.72 Å². The molecule has 0 aliphatic carbocycles. The van der Waals surface area contributed by atoms with E-state index in [2.05, 4.69) is 14.3 Å². The van der Waals surface area contributed by atoms with Gasteiger partial charge >= 0.3 is 0 Å². The van der Waals surface area contributed by atoms with E-state index in [1.54, 1.807) is 36.9 Å². The van der Waals surface area contributed by atoms with Crippen LogP contribution in [-0.4, -0.2) is 23.7 Å². The number of nitrogens with zero attached hydrogens (tertiary/aromatic N) is 2. The van der Waals surface area contributed by atoms with Crippen LogP contribution in [0.2, 0.25) is 10.0 Å². The van der Waals surface area contributed by atoms with Gasteiger partial charge in [0.1, 0.15) is 4.90 Å². The Balaban J connectivity index is 1.65. The van der Waals surface area contributed by atoms with Crippen molar-refractivity contribution in [3.8, 4) is 11.3 Å². The van der Waals surface area contributed by atoms with Crippen molar-refractivity contribution in [2.24, 2.45) is 0 Å². The molecule has 0 fully saturated rings. The molecule has 0 bridgehead atoms. The van der Waals surface area contributed by atoms with E-state index < -0.39 is 10.0 Å². The van der Waals surface area contributed by atoms with Crippen LogP contribution in [0, 0.1) is 6.92 Å². The Morgan fingerprint density at radius 2 is 2.00 bits per heavy atom. The molecular weight excluding hydrogens is 425 g/mol. The first-order valence-electron chi connectivity index (χ1n) is 8.12. The second-order valence-electron chi connectivity index (χ2n) is 6.17. The number of anilines is 1. The number of aryl methyl sites for hydroxylation is 2. The van der Waals surface area contributed by atoms with Crippen molar-refractivity contribution in [3.05, 3.63) is 58.2 Å². The first-order valence-corrected chi connectivity index (χ1v) is 11.3. The minimum atomic E-state index is -3.85. The molecule has 0 atom stereocenters. The van der Waals surface area contributed by atoms with Gasteiger partial charge in [-0.05, 0) is 36.8 Å². The molecule has 0 unspecified atom stereocenters. The Hall–Kier alpha value is -1.67. The van der Waals surface area contributed by atoms with E-state index in [1.807, 2.05) is 12.3 Å². The van der Waals surface area contributed by atoms with Gasteiger partial charge in [0.2, 0.25) is 0 Å². The van der Waals surface area contributed by atoms with Crippen molar-refractivity contribution in [1.82, 2.24) is 9.55 Å². The number of rotatable bonds is 4. The molecular formula is C18H15Cl2N3O2S2. The molecule has 9 heteroatoms. The van der Waals surface area contributed by atoms with Gasteiger partial charge in [-0.15, -0.1) is 0 Å². The summed E-state index contributed by atoms with van der Waals surface area (Å²) >= 11 is 13.8. The summed E-state index contributed by atoms with van der Waals surface area (Å²) in [6.45, 7) is 2.67. The SMILES string of the molecule is Cc1cc(S(=O)(=O)Nc2cccc(-c3cn4c(n3)SCC4)c2)c(Cl)cc1Cl. The van der Waals surface area contributed by atoms with Gasteiger partial charge in [0.25, 0.3) is 10.0 Å². The van der Waals surface area contributed by atoms with Gasteiger partial charge in [-0.1, -0.05) is 47.1 Å². The number of halogens is 2. The van der Waals surface area contributed by atoms with Crippen molar-refractivity contribution in [1.29, 1.82) is 0 Å². The second kappa shape index (κ2) is 7.05. The molecule has 0 spiro atoms. The predicted octanol–water partition coefficient (Wildman–Crippen LogP) is 5.07. The maximum absolute atomic E-state index is 12.8. The van der Waals surface area contributed by atoms with Crippen molar-refractivity contribution in [2.75, 3.05) is 10.5 Å². The zero-order valence-electron chi connectivity index (χ0n) is 14.2. The van der Waals surface area contributed by atoms with E-state index in [-0.39, 0.29) is 9.92 Å².